The van der Waals surface area contributed by atoms with Crippen molar-refractivity contribution in [3.63, 3.8) is 0 Å². The molecule has 0 unspecified atom stereocenters. The average Bonchev–Trinajstić information content (AvgIpc) is 2.82. The smallest absolute Gasteiger partial charge is 0.228 e. The third-order valence-corrected chi connectivity index (χ3v) is 5.01. The maximum absolute atomic E-state index is 13.3. The van der Waals surface area contributed by atoms with Crippen LogP contribution in [0.2, 0.25) is 0 Å². The molecule has 4 rings (SSSR count). The van der Waals surface area contributed by atoms with Gasteiger partial charge in [0.1, 0.15) is 29.6 Å². The second-order valence-corrected chi connectivity index (χ2v) is 7.15. The Morgan fingerprint density at radius 1 is 0.581 bits per heavy atom. The molecule has 4 aromatic rings. The molecule has 0 fully saturated rings. The van der Waals surface area contributed by atoms with Gasteiger partial charge >= 0.3 is 0 Å². The van der Waals surface area contributed by atoms with Crippen molar-refractivity contribution in [2.75, 3.05) is 0 Å². The Morgan fingerprint density at radius 3 is 1.55 bits per heavy atom. The molecule has 155 valence electrons. The van der Waals surface area contributed by atoms with E-state index >= 15 is 0 Å². The van der Waals surface area contributed by atoms with E-state index < -0.39 is 0 Å². The Labute approximate surface area is 182 Å². The Bertz CT molecular complexity index is 1140. The molecule has 0 saturated carbocycles. The first-order valence-corrected chi connectivity index (χ1v) is 10.1. The summed E-state index contributed by atoms with van der Waals surface area (Å²) in [6, 6.07) is 28.2. The molecule has 0 amide bonds. The van der Waals surface area contributed by atoms with Crippen LogP contribution < -0.4 is 14.2 Å². The van der Waals surface area contributed by atoms with Crippen molar-refractivity contribution >= 4 is 0 Å². The highest BCUT2D eigenvalue weighted by Crippen LogP contribution is 2.46. The zero-order chi connectivity index (χ0) is 21.6. The molecule has 4 heteroatoms. The van der Waals surface area contributed by atoms with Gasteiger partial charge in [-0.15, -0.1) is 0 Å². The highest BCUT2D eigenvalue weighted by molar-refractivity contribution is 5.63. The minimum atomic E-state index is -0.216. The Balaban J connectivity index is 1.76. The van der Waals surface area contributed by atoms with Crippen LogP contribution in [0.25, 0.3) is 0 Å². The van der Waals surface area contributed by atoms with Gasteiger partial charge in [-0.2, -0.15) is 0 Å². The van der Waals surface area contributed by atoms with Crippen LogP contribution in [-0.4, -0.2) is 0 Å². The topological polar surface area (TPSA) is 47.6 Å². The van der Waals surface area contributed by atoms with Crippen molar-refractivity contribution in [3.05, 3.63) is 108 Å². The number of rotatable bonds is 7. The second kappa shape index (κ2) is 9.26. The first kappa shape index (κ1) is 20.4. The maximum atomic E-state index is 13.3. The van der Waals surface area contributed by atoms with E-state index in [-0.39, 0.29) is 18.1 Å². The van der Waals surface area contributed by atoms with E-state index in [1.54, 1.807) is 6.92 Å². The van der Waals surface area contributed by atoms with Gasteiger partial charge in [0.15, 0.2) is 5.75 Å². The molecule has 0 N–H and O–H groups in total. The van der Waals surface area contributed by atoms with Crippen LogP contribution in [0, 0.1) is 13.8 Å². The van der Waals surface area contributed by atoms with Gasteiger partial charge in [-0.05, 0) is 50.2 Å². The fraction of sp³-hybridized carbons (Fsp3) is 0.111. The monoisotopic (exact) mass is 411 g/mol. The lowest BCUT2D eigenvalue weighted by Gasteiger charge is -2.20. The van der Waals surface area contributed by atoms with E-state index in [2.05, 4.69) is 0 Å². The Morgan fingerprint density at radius 2 is 1.03 bits per heavy atom. The minimum absolute atomic E-state index is 0.179. The molecule has 0 heterocycles. The first-order chi connectivity index (χ1) is 15.1. The molecule has 0 atom stereocenters. The summed E-state index contributed by atoms with van der Waals surface area (Å²) in [6.07, 6.45) is 0. The van der Waals surface area contributed by atoms with Gasteiger partial charge in [0.25, 0.3) is 0 Å². The molecular weight excluding hydrogens is 388 g/mol. The molecule has 4 nitrogen and oxygen atoms in total. The van der Waals surface area contributed by atoms with Crippen LogP contribution in [0.15, 0.2) is 91.0 Å². The number of hydrogen-bond donors (Lipinski definition) is 0. The lowest BCUT2D eigenvalue weighted by atomic mass is 10.0. The zero-order valence-electron chi connectivity index (χ0n) is 17.5. The molecule has 0 aliphatic rings. The van der Waals surface area contributed by atoms with Gasteiger partial charge in [-0.1, -0.05) is 54.6 Å². The van der Waals surface area contributed by atoms with Crippen molar-refractivity contribution in [1.82, 2.24) is 0 Å². The van der Waals surface area contributed by atoms with Gasteiger partial charge in [0, 0.05) is 16.7 Å². The van der Waals surface area contributed by atoms with Crippen LogP contribution in [0.3, 0.4) is 0 Å². The number of ether oxygens (including phenoxy) is 3. The molecule has 31 heavy (non-hydrogen) atoms. The fourth-order valence-electron chi connectivity index (χ4n) is 3.32. The van der Waals surface area contributed by atoms with E-state index in [1.807, 2.05) is 97.9 Å². The van der Waals surface area contributed by atoms with Gasteiger partial charge in [-0.3, -0.25) is 5.11 Å². The molecule has 4 aromatic carbocycles. The van der Waals surface area contributed by atoms with Crippen molar-refractivity contribution in [2.45, 2.75) is 20.5 Å². The van der Waals surface area contributed by atoms with Crippen LogP contribution in [-0.2, 0) is 11.7 Å². The third-order valence-electron chi connectivity index (χ3n) is 5.01. The highest BCUT2D eigenvalue weighted by Gasteiger charge is 2.24. The number of benzene rings is 4. The molecule has 0 spiro atoms. The van der Waals surface area contributed by atoms with Gasteiger partial charge in [0.2, 0.25) is 5.75 Å². The second-order valence-electron chi connectivity index (χ2n) is 7.15. The normalized spacial score (nSPS) is 10.5. The summed E-state index contributed by atoms with van der Waals surface area (Å²) >= 11 is 0. The van der Waals surface area contributed by atoms with Gasteiger partial charge < -0.3 is 14.2 Å². The van der Waals surface area contributed by atoms with Crippen LogP contribution >= 0.6 is 0 Å². The zero-order valence-corrected chi connectivity index (χ0v) is 17.5. The summed E-state index contributed by atoms with van der Waals surface area (Å²) in [5, 5.41) is 13.3. The van der Waals surface area contributed by atoms with Gasteiger partial charge in [-0.25, -0.2) is 0 Å². The summed E-state index contributed by atoms with van der Waals surface area (Å²) < 4.78 is 18.1. The van der Waals surface area contributed by atoms with Gasteiger partial charge in [0.05, 0.1) is 0 Å². The van der Waals surface area contributed by atoms with E-state index in [1.165, 1.54) is 0 Å². The first-order valence-electron chi connectivity index (χ1n) is 10.1. The predicted octanol–water partition coefficient (Wildman–Crippen LogP) is 7.61. The molecule has 0 aliphatic carbocycles. The summed E-state index contributed by atoms with van der Waals surface area (Å²) in [4.78, 5) is 0. The van der Waals surface area contributed by atoms with Crippen LogP contribution in [0.4, 0.5) is 0 Å². The lowest BCUT2D eigenvalue weighted by molar-refractivity contribution is 0.286. The highest BCUT2D eigenvalue weighted by atomic mass is 16.5. The summed E-state index contributed by atoms with van der Waals surface area (Å²) in [5.41, 5.74) is 1.97. The fourth-order valence-corrected chi connectivity index (χ4v) is 3.32. The molecular formula is C27H23O4. The predicted molar refractivity (Wildman–Crippen MR) is 120 cm³/mol. The van der Waals surface area contributed by atoms with Crippen molar-refractivity contribution in [2.24, 2.45) is 0 Å². The Kier molecular flexibility index (Phi) is 6.08. The van der Waals surface area contributed by atoms with E-state index in [4.69, 9.17) is 14.2 Å². The van der Waals surface area contributed by atoms with Crippen molar-refractivity contribution in [3.8, 4) is 34.5 Å². The SMILES string of the molecule is Cc1c([O])c(Oc2ccccc2)c(COc2ccccc2)c(C)c1Oc1ccccc1. The average molecular weight is 411 g/mol. The van der Waals surface area contributed by atoms with E-state index in [0.29, 0.717) is 34.1 Å². The number of para-hydroxylation sites is 3. The summed E-state index contributed by atoms with van der Waals surface area (Å²) in [7, 11) is 0. The summed E-state index contributed by atoms with van der Waals surface area (Å²) in [6.45, 7) is 3.86. The Hall–Kier alpha value is -3.92. The molecule has 1 radical (unpaired) electrons. The van der Waals surface area contributed by atoms with Crippen LogP contribution in [0.1, 0.15) is 16.7 Å². The van der Waals surface area contributed by atoms with Crippen molar-refractivity contribution < 1.29 is 19.3 Å². The molecule has 0 bridgehead atoms. The third kappa shape index (κ3) is 4.64. The largest absolute Gasteiger partial charge is 0.489 e. The minimum Gasteiger partial charge on any atom is -0.489 e. The maximum Gasteiger partial charge on any atom is 0.228 e. The number of hydrogen-bond acceptors (Lipinski definition) is 3. The quantitative estimate of drug-likeness (QED) is 0.314. The van der Waals surface area contributed by atoms with E-state index in [9.17, 15) is 5.11 Å². The van der Waals surface area contributed by atoms with E-state index in [0.717, 1.165) is 5.56 Å². The van der Waals surface area contributed by atoms with Crippen molar-refractivity contribution in [1.29, 1.82) is 0 Å². The molecule has 0 aromatic heterocycles. The molecule has 0 aliphatic heterocycles. The molecule has 0 saturated heterocycles. The van der Waals surface area contributed by atoms with Crippen LogP contribution in [0.5, 0.6) is 34.5 Å². The standard InChI is InChI=1S/C27H23O4/c1-19-24(18-29-21-12-6-3-7-13-21)27(31-23-16-10-5-11-17-23)25(28)20(2)26(19)30-22-14-8-4-9-15-22/h3-17H,18H2,1-2H3. The summed E-state index contributed by atoms with van der Waals surface area (Å²) in [5.74, 6) is 2.55. The lowest BCUT2D eigenvalue weighted by Crippen LogP contribution is -2.05.